The van der Waals surface area contributed by atoms with Crippen LogP contribution in [0.1, 0.15) is 5.56 Å². The summed E-state index contributed by atoms with van der Waals surface area (Å²) in [4.78, 5) is 4.25. The van der Waals surface area contributed by atoms with Crippen molar-refractivity contribution in [2.75, 3.05) is 13.7 Å². The van der Waals surface area contributed by atoms with Crippen LogP contribution in [0.4, 0.5) is 0 Å². The molecule has 0 radical (unpaired) electrons. The summed E-state index contributed by atoms with van der Waals surface area (Å²) in [6.07, 6.45) is 5.45. The molecule has 0 aliphatic heterocycles. The van der Waals surface area contributed by atoms with Crippen molar-refractivity contribution in [3.8, 4) is 5.75 Å². The SMILES string of the molecule is COc1cccc(S(=O)(=O)n2cc(CCN)c3cnccc32)c1. The van der Waals surface area contributed by atoms with Crippen LogP contribution in [0.5, 0.6) is 5.75 Å². The number of rotatable bonds is 5. The van der Waals surface area contributed by atoms with Crippen molar-refractivity contribution >= 4 is 20.9 Å². The number of aromatic nitrogens is 2. The summed E-state index contributed by atoms with van der Waals surface area (Å²) in [6, 6.07) is 8.10. The van der Waals surface area contributed by atoms with E-state index in [4.69, 9.17) is 10.5 Å². The lowest BCUT2D eigenvalue weighted by Crippen LogP contribution is -2.12. The fourth-order valence-electron chi connectivity index (χ4n) is 2.54. The Kier molecular flexibility index (Phi) is 4.06. The Hall–Kier alpha value is -2.38. The maximum Gasteiger partial charge on any atom is 0.268 e. The Morgan fingerprint density at radius 2 is 2.13 bits per heavy atom. The average Bonchev–Trinajstić information content (AvgIpc) is 2.95. The second-order valence-electron chi connectivity index (χ2n) is 5.07. The minimum absolute atomic E-state index is 0.171. The first kappa shape index (κ1) is 15.5. The van der Waals surface area contributed by atoms with E-state index in [9.17, 15) is 8.42 Å². The lowest BCUT2D eigenvalue weighted by molar-refractivity contribution is 0.413. The van der Waals surface area contributed by atoms with Gasteiger partial charge in [-0.05, 0) is 36.7 Å². The van der Waals surface area contributed by atoms with Crippen molar-refractivity contribution in [2.45, 2.75) is 11.3 Å². The fraction of sp³-hybridized carbons (Fsp3) is 0.188. The lowest BCUT2D eigenvalue weighted by atomic mass is 10.2. The Balaban J connectivity index is 2.22. The first-order valence-corrected chi connectivity index (χ1v) is 8.55. The number of methoxy groups -OCH3 is 1. The zero-order valence-electron chi connectivity index (χ0n) is 12.6. The van der Waals surface area contributed by atoms with Crippen molar-refractivity contribution in [1.82, 2.24) is 8.96 Å². The standard InChI is InChI=1S/C16H17N3O3S/c1-22-13-3-2-4-14(9-13)23(20,21)19-11-12(5-7-17)15-10-18-8-6-16(15)19/h2-4,6,8-11H,5,7,17H2,1H3. The molecule has 0 bridgehead atoms. The summed E-state index contributed by atoms with van der Waals surface area (Å²) in [5.41, 5.74) is 7.08. The molecule has 0 amide bonds. The van der Waals surface area contributed by atoms with Gasteiger partial charge in [-0.15, -0.1) is 0 Å². The van der Waals surface area contributed by atoms with Crippen LogP contribution in [0.3, 0.4) is 0 Å². The fourth-order valence-corrected chi connectivity index (χ4v) is 3.96. The number of fused-ring (bicyclic) bond motifs is 1. The maximum atomic E-state index is 13.0. The van der Waals surface area contributed by atoms with Gasteiger partial charge in [0.05, 0.1) is 17.5 Å². The molecule has 0 unspecified atom stereocenters. The summed E-state index contributed by atoms with van der Waals surface area (Å²) in [5.74, 6) is 0.492. The molecule has 2 aromatic heterocycles. The van der Waals surface area contributed by atoms with Gasteiger partial charge in [-0.2, -0.15) is 0 Å². The van der Waals surface area contributed by atoms with E-state index in [0.717, 1.165) is 10.9 Å². The molecule has 6 nitrogen and oxygen atoms in total. The van der Waals surface area contributed by atoms with Gasteiger partial charge in [0.1, 0.15) is 5.75 Å². The highest BCUT2D eigenvalue weighted by atomic mass is 32.2. The van der Waals surface area contributed by atoms with Crippen LogP contribution in [0, 0.1) is 0 Å². The minimum atomic E-state index is -3.73. The summed E-state index contributed by atoms with van der Waals surface area (Å²) in [7, 11) is -2.23. The summed E-state index contributed by atoms with van der Waals surface area (Å²) < 4.78 is 32.4. The molecule has 2 heterocycles. The first-order chi connectivity index (χ1) is 11.1. The molecule has 1 aromatic carbocycles. The largest absolute Gasteiger partial charge is 0.497 e. The van der Waals surface area contributed by atoms with E-state index in [1.165, 1.54) is 17.1 Å². The van der Waals surface area contributed by atoms with Gasteiger partial charge in [0.25, 0.3) is 10.0 Å². The van der Waals surface area contributed by atoms with Gasteiger partial charge in [0, 0.05) is 30.0 Å². The number of hydrogen-bond acceptors (Lipinski definition) is 5. The van der Waals surface area contributed by atoms with E-state index in [-0.39, 0.29) is 4.90 Å². The maximum absolute atomic E-state index is 13.0. The number of nitrogens with zero attached hydrogens (tertiary/aromatic N) is 2. The van der Waals surface area contributed by atoms with Crippen LogP contribution < -0.4 is 10.5 Å². The molecule has 0 saturated heterocycles. The quantitative estimate of drug-likeness (QED) is 0.770. The zero-order chi connectivity index (χ0) is 16.4. The first-order valence-electron chi connectivity index (χ1n) is 7.11. The van der Waals surface area contributed by atoms with E-state index < -0.39 is 10.0 Å². The van der Waals surface area contributed by atoms with Crippen molar-refractivity contribution < 1.29 is 13.2 Å². The third-order valence-corrected chi connectivity index (χ3v) is 5.34. The predicted molar refractivity (Wildman–Crippen MR) is 88.1 cm³/mol. The zero-order valence-corrected chi connectivity index (χ0v) is 13.5. The number of hydrogen-bond donors (Lipinski definition) is 1. The van der Waals surface area contributed by atoms with Crippen molar-refractivity contribution in [2.24, 2.45) is 5.73 Å². The van der Waals surface area contributed by atoms with Crippen LogP contribution in [-0.2, 0) is 16.4 Å². The topological polar surface area (TPSA) is 87.2 Å². The van der Waals surface area contributed by atoms with Crippen molar-refractivity contribution in [3.63, 3.8) is 0 Å². The second kappa shape index (κ2) is 6.02. The van der Waals surface area contributed by atoms with E-state index in [2.05, 4.69) is 4.98 Å². The highest BCUT2D eigenvalue weighted by Gasteiger charge is 2.21. The molecule has 23 heavy (non-hydrogen) atoms. The molecular formula is C16H17N3O3S. The van der Waals surface area contributed by atoms with Gasteiger partial charge < -0.3 is 10.5 Å². The molecule has 2 N–H and O–H groups in total. The minimum Gasteiger partial charge on any atom is -0.497 e. The van der Waals surface area contributed by atoms with Crippen molar-refractivity contribution in [1.29, 1.82) is 0 Å². The molecule has 0 saturated carbocycles. The van der Waals surface area contributed by atoms with Gasteiger partial charge in [-0.1, -0.05) is 6.07 Å². The van der Waals surface area contributed by atoms with Gasteiger partial charge in [-0.3, -0.25) is 4.98 Å². The summed E-state index contributed by atoms with van der Waals surface area (Å²) in [6.45, 7) is 0.438. The molecular weight excluding hydrogens is 314 g/mol. The number of benzene rings is 1. The van der Waals surface area contributed by atoms with E-state index in [1.807, 2.05) is 0 Å². The van der Waals surface area contributed by atoms with Gasteiger partial charge in [0.15, 0.2) is 0 Å². The Morgan fingerprint density at radius 3 is 2.87 bits per heavy atom. The van der Waals surface area contributed by atoms with Gasteiger partial charge in [-0.25, -0.2) is 12.4 Å². The molecule has 120 valence electrons. The summed E-state index contributed by atoms with van der Waals surface area (Å²) in [5, 5.41) is 0.796. The van der Waals surface area contributed by atoms with Crippen LogP contribution in [0.2, 0.25) is 0 Å². The van der Waals surface area contributed by atoms with Crippen LogP contribution >= 0.6 is 0 Å². The molecule has 0 spiro atoms. The normalized spacial score (nSPS) is 11.7. The molecule has 3 aromatic rings. The van der Waals surface area contributed by atoms with Crippen LogP contribution in [-0.4, -0.2) is 31.0 Å². The van der Waals surface area contributed by atoms with E-state index >= 15 is 0 Å². The third kappa shape index (κ3) is 2.69. The van der Waals surface area contributed by atoms with E-state index in [0.29, 0.717) is 24.2 Å². The highest BCUT2D eigenvalue weighted by Crippen LogP contribution is 2.27. The Bertz CT molecular complexity index is 948. The monoisotopic (exact) mass is 331 g/mol. The number of pyridine rings is 1. The van der Waals surface area contributed by atoms with Crippen molar-refractivity contribution in [3.05, 3.63) is 54.5 Å². The highest BCUT2D eigenvalue weighted by molar-refractivity contribution is 7.90. The van der Waals surface area contributed by atoms with Gasteiger partial charge >= 0.3 is 0 Å². The Labute approximate surface area is 134 Å². The lowest BCUT2D eigenvalue weighted by Gasteiger charge is -2.08. The Morgan fingerprint density at radius 1 is 1.30 bits per heavy atom. The summed E-state index contributed by atoms with van der Waals surface area (Å²) >= 11 is 0. The predicted octanol–water partition coefficient (Wildman–Crippen LogP) is 1.78. The smallest absolute Gasteiger partial charge is 0.268 e. The average molecular weight is 331 g/mol. The van der Waals surface area contributed by atoms with Crippen LogP contribution in [0.25, 0.3) is 10.9 Å². The molecule has 7 heteroatoms. The molecule has 0 fully saturated rings. The third-order valence-electron chi connectivity index (χ3n) is 3.67. The second-order valence-corrected chi connectivity index (χ2v) is 6.88. The number of nitrogens with two attached hydrogens (primary N) is 1. The molecule has 0 aliphatic rings. The van der Waals surface area contributed by atoms with Gasteiger partial charge in [0.2, 0.25) is 0 Å². The molecule has 0 atom stereocenters. The number of ether oxygens (including phenoxy) is 1. The molecule has 0 aliphatic carbocycles. The molecule has 3 rings (SSSR count). The van der Waals surface area contributed by atoms with Crippen LogP contribution in [0.15, 0.2) is 53.8 Å². The van der Waals surface area contributed by atoms with E-state index in [1.54, 1.807) is 42.9 Å².